The van der Waals surface area contributed by atoms with Crippen LogP contribution in [0.5, 0.6) is 0 Å². The molecule has 1 N–H and O–H groups in total. The van der Waals surface area contributed by atoms with E-state index in [1.165, 1.54) is 16.8 Å². The average Bonchev–Trinajstić information content (AvgIpc) is 3.14. The van der Waals surface area contributed by atoms with Crippen LogP contribution in [-0.4, -0.2) is 58.9 Å². The molecule has 9 heteroatoms. The zero-order valence-corrected chi connectivity index (χ0v) is 13.4. The molecular weight excluding hydrogens is 306 g/mol. The minimum Gasteiger partial charge on any atom is -0.361 e. The SMILES string of the molecule is Cc1noc(C)c1CN1CCN(S(=O)(=O)c2cnc[nH]2)CC1. The zero-order chi connectivity index (χ0) is 15.7. The van der Waals surface area contributed by atoms with Gasteiger partial charge in [-0.2, -0.15) is 4.31 Å². The molecule has 1 aliphatic heterocycles. The van der Waals surface area contributed by atoms with Crippen LogP contribution in [-0.2, 0) is 16.6 Å². The van der Waals surface area contributed by atoms with Crippen molar-refractivity contribution in [2.24, 2.45) is 0 Å². The Morgan fingerprint density at radius 2 is 2.00 bits per heavy atom. The number of aromatic nitrogens is 3. The number of sulfonamides is 1. The molecule has 3 heterocycles. The lowest BCUT2D eigenvalue weighted by Crippen LogP contribution is -2.48. The van der Waals surface area contributed by atoms with E-state index in [1.807, 2.05) is 13.8 Å². The molecule has 2 aromatic heterocycles. The maximum absolute atomic E-state index is 12.4. The normalized spacial score (nSPS) is 17.9. The molecule has 1 aliphatic rings. The third-order valence-corrected chi connectivity index (χ3v) is 5.81. The summed E-state index contributed by atoms with van der Waals surface area (Å²) in [5, 5.41) is 4.10. The second-order valence-electron chi connectivity index (χ2n) is 5.40. The predicted octanol–water partition coefficient (Wildman–Crippen LogP) is 0.521. The van der Waals surface area contributed by atoms with E-state index in [4.69, 9.17) is 4.52 Å². The lowest BCUT2D eigenvalue weighted by atomic mass is 10.2. The molecule has 0 bridgehead atoms. The molecule has 8 nitrogen and oxygen atoms in total. The number of hydrogen-bond donors (Lipinski definition) is 1. The van der Waals surface area contributed by atoms with E-state index in [2.05, 4.69) is 20.0 Å². The molecule has 2 aromatic rings. The monoisotopic (exact) mass is 325 g/mol. The van der Waals surface area contributed by atoms with E-state index in [-0.39, 0.29) is 5.03 Å². The fourth-order valence-electron chi connectivity index (χ4n) is 2.60. The van der Waals surface area contributed by atoms with Crippen LogP contribution >= 0.6 is 0 Å². The zero-order valence-electron chi connectivity index (χ0n) is 12.6. The summed E-state index contributed by atoms with van der Waals surface area (Å²) in [4.78, 5) is 8.65. The first-order chi connectivity index (χ1) is 10.5. The molecule has 0 unspecified atom stereocenters. The van der Waals surface area contributed by atoms with Gasteiger partial charge in [0.25, 0.3) is 10.0 Å². The Morgan fingerprint density at radius 3 is 2.55 bits per heavy atom. The molecule has 1 saturated heterocycles. The second-order valence-corrected chi connectivity index (χ2v) is 7.31. The first-order valence-electron chi connectivity index (χ1n) is 7.11. The maximum Gasteiger partial charge on any atom is 0.260 e. The van der Waals surface area contributed by atoms with E-state index in [1.54, 1.807) is 0 Å². The summed E-state index contributed by atoms with van der Waals surface area (Å²) in [6, 6.07) is 0. The number of H-pyrrole nitrogens is 1. The van der Waals surface area contributed by atoms with Gasteiger partial charge in [-0.1, -0.05) is 5.16 Å². The van der Waals surface area contributed by atoms with Gasteiger partial charge < -0.3 is 9.51 Å². The smallest absolute Gasteiger partial charge is 0.260 e. The Hall–Kier alpha value is -1.71. The summed E-state index contributed by atoms with van der Waals surface area (Å²) >= 11 is 0. The molecule has 0 atom stereocenters. The summed E-state index contributed by atoms with van der Waals surface area (Å²) in [5.74, 6) is 0.824. The number of piperazine rings is 1. The molecule has 0 amide bonds. The second kappa shape index (κ2) is 5.82. The van der Waals surface area contributed by atoms with E-state index in [0.717, 1.165) is 23.6 Å². The molecule has 1 fully saturated rings. The van der Waals surface area contributed by atoms with Crippen LogP contribution < -0.4 is 0 Å². The van der Waals surface area contributed by atoms with Gasteiger partial charge in [-0.15, -0.1) is 0 Å². The van der Waals surface area contributed by atoms with Gasteiger partial charge in [0, 0.05) is 38.3 Å². The average molecular weight is 325 g/mol. The highest BCUT2D eigenvalue weighted by molar-refractivity contribution is 7.89. The molecule has 0 saturated carbocycles. The Kier molecular flexibility index (Phi) is 4.02. The Morgan fingerprint density at radius 1 is 1.27 bits per heavy atom. The van der Waals surface area contributed by atoms with E-state index in [9.17, 15) is 8.42 Å². The van der Waals surface area contributed by atoms with Crippen LogP contribution in [0, 0.1) is 13.8 Å². The summed E-state index contributed by atoms with van der Waals surface area (Å²) in [6.45, 7) is 6.84. The number of imidazole rings is 1. The predicted molar refractivity (Wildman–Crippen MR) is 78.6 cm³/mol. The summed E-state index contributed by atoms with van der Waals surface area (Å²) < 4.78 is 31.4. The summed E-state index contributed by atoms with van der Waals surface area (Å²) in [7, 11) is -3.46. The van der Waals surface area contributed by atoms with Crippen LogP contribution in [0.25, 0.3) is 0 Å². The first kappa shape index (κ1) is 15.2. The number of aromatic amines is 1. The largest absolute Gasteiger partial charge is 0.361 e. The standard InChI is InChI=1S/C13H19N5O3S/c1-10-12(11(2)21-16-10)8-17-3-5-18(6-4-17)22(19,20)13-7-14-9-15-13/h7,9H,3-6,8H2,1-2H3,(H,14,15). The highest BCUT2D eigenvalue weighted by Gasteiger charge is 2.29. The number of nitrogens with zero attached hydrogens (tertiary/aromatic N) is 4. The lowest BCUT2D eigenvalue weighted by Gasteiger charge is -2.33. The number of hydrogen-bond acceptors (Lipinski definition) is 6. The molecule has 0 radical (unpaired) electrons. The van der Waals surface area contributed by atoms with Gasteiger partial charge in [0.2, 0.25) is 0 Å². The Bertz CT molecular complexity index is 710. The number of nitrogens with one attached hydrogen (secondary N) is 1. The first-order valence-corrected chi connectivity index (χ1v) is 8.55. The van der Waals surface area contributed by atoms with Crippen molar-refractivity contribution >= 4 is 10.0 Å². The van der Waals surface area contributed by atoms with Gasteiger partial charge in [-0.3, -0.25) is 4.90 Å². The van der Waals surface area contributed by atoms with Crippen LogP contribution in [0.15, 0.2) is 22.1 Å². The van der Waals surface area contributed by atoms with Crippen molar-refractivity contribution in [2.45, 2.75) is 25.4 Å². The molecule has 22 heavy (non-hydrogen) atoms. The van der Waals surface area contributed by atoms with Gasteiger partial charge in [0.15, 0.2) is 5.03 Å². The summed E-state index contributed by atoms with van der Waals surface area (Å²) in [5.41, 5.74) is 1.98. The van der Waals surface area contributed by atoms with Crippen molar-refractivity contribution < 1.29 is 12.9 Å². The number of aryl methyl sites for hydroxylation is 2. The minimum absolute atomic E-state index is 0.145. The number of rotatable bonds is 4. The lowest BCUT2D eigenvalue weighted by molar-refractivity contribution is 0.180. The quantitative estimate of drug-likeness (QED) is 0.880. The Labute approximate surface area is 129 Å². The fraction of sp³-hybridized carbons (Fsp3) is 0.538. The van der Waals surface area contributed by atoms with Gasteiger partial charge in [-0.05, 0) is 13.8 Å². The van der Waals surface area contributed by atoms with Gasteiger partial charge in [0.05, 0.1) is 18.2 Å². The summed E-state index contributed by atoms with van der Waals surface area (Å²) in [6.07, 6.45) is 2.71. The van der Waals surface area contributed by atoms with Crippen LogP contribution in [0.2, 0.25) is 0 Å². The highest BCUT2D eigenvalue weighted by Crippen LogP contribution is 2.19. The van der Waals surface area contributed by atoms with Gasteiger partial charge in [0.1, 0.15) is 5.76 Å². The molecule has 120 valence electrons. The molecule has 0 aromatic carbocycles. The molecule has 0 spiro atoms. The molecule has 0 aliphatic carbocycles. The van der Waals surface area contributed by atoms with Crippen LogP contribution in [0.1, 0.15) is 17.0 Å². The topological polar surface area (TPSA) is 95.3 Å². The van der Waals surface area contributed by atoms with Crippen molar-refractivity contribution in [3.8, 4) is 0 Å². The van der Waals surface area contributed by atoms with Crippen LogP contribution in [0.4, 0.5) is 0 Å². The van der Waals surface area contributed by atoms with Crippen molar-refractivity contribution in [1.82, 2.24) is 24.3 Å². The van der Waals surface area contributed by atoms with Gasteiger partial charge in [-0.25, -0.2) is 13.4 Å². The van der Waals surface area contributed by atoms with E-state index in [0.29, 0.717) is 26.2 Å². The van der Waals surface area contributed by atoms with E-state index >= 15 is 0 Å². The van der Waals surface area contributed by atoms with Crippen LogP contribution in [0.3, 0.4) is 0 Å². The molecule has 3 rings (SSSR count). The highest BCUT2D eigenvalue weighted by atomic mass is 32.2. The Balaban J connectivity index is 1.64. The van der Waals surface area contributed by atoms with Crippen molar-refractivity contribution in [3.63, 3.8) is 0 Å². The van der Waals surface area contributed by atoms with E-state index < -0.39 is 10.0 Å². The third-order valence-electron chi connectivity index (χ3n) is 3.99. The minimum atomic E-state index is -3.46. The van der Waals surface area contributed by atoms with Crippen molar-refractivity contribution in [3.05, 3.63) is 29.5 Å². The van der Waals surface area contributed by atoms with Gasteiger partial charge >= 0.3 is 0 Å². The van der Waals surface area contributed by atoms with Crippen molar-refractivity contribution in [1.29, 1.82) is 0 Å². The van der Waals surface area contributed by atoms with Crippen molar-refractivity contribution in [2.75, 3.05) is 26.2 Å². The maximum atomic E-state index is 12.4. The molecular formula is C13H19N5O3S. The fourth-order valence-corrected chi connectivity index (χ4v) is 3.92. The third kappa shape index (κ3) is 2.79.